The molecule has 5 rings (SSSR count). The zero-order valence-corrected chi connectivity index (χ0v) is 29.6. The molecule has 0 aromatic heterocycles. The first-order valence-electron chi connectivity index (χ1n) is 14.6. The van der Waals surface area contributed by atoms with Gasteiger partial charge in [0.15, 0.2) is 0 Å². The fourth-order valence-electron chi connectivity index (χ4n) is 7.67. The van der Waals surface area contributed by atoms with E-state index < -0.39 is 20.4 Å². The van der Waals surface area contributed by atoms with Crippen LogP contribution in [0.25, 0.3) is 12.2 Å². The predicted octanol–water partition coefficient (Wildman–Crippen LogP) is 10.4. The van der Waals surface area contributed by atoms with Crippen molar-refractivity contribution < 1.29 is 15.0 Å². The SMILES string of the molecule is CCCc1ccc(C)c2c1C=C(C)[CH]2[Zr]([Cl])([Cl])([CH]1C(C)=Cc2c(CCC)ccc(C)c21)=[Si](C)c1ccccc1. The van der Waals surface area contributed by atoms with E-state index in [0.717, 1.165) is 25.7 Å². The standard InChI is InChI=1S/2C14H17.C7H8Si.2ClH.Zr/c2*1-4-5-12-7-6-11(3)13-8-10(2)9-14(12)13;1-8-7-5-3-2-4-6-7;;;/h2*6-9H,4-5H2,1-3H3;2-6H,1H3;2*1H;/q;;;;;+2/p-2. The van der Waals surface area contributed by atoms with Crippen LogP contribution in [-0.4, -0.2) is 5.43 Å². The van der Waals surface area contributed by atoms with Gasteiger partial charge in [0.05, 0.1) is 0 Å². The molecule has 0 radical (unpaired) electrons. The van der Waals surface area contributed by atoms with Crippen LogP contribution in [-0.2, 0) is 27.9 Å². The molecule has 2 aliphatic rings. The van der Waals surface area contributed by atoms with Gasteiger partial charge < -0.3 is 0 Å². The van der Waals surface area contributed by atoms with Gasteiger partial charge in [-0.05, 0) is 0 Å². The van der Waals surface area contributed by atoms with Gasteiger partial charge in [-0.15, -0.1) is 0 Å². The van der Waals surface area contributed by atoms with Gasteiger partial charge >= 0.3 is 246 Å². The Balaban J connectivity index is 1.92. The van der Waals surface area contributed by atoms with E-state index in [1.54, 1.807) is 0 Å². The van der Waals surface area contributed by atoms with Crippen LogP contribution in [0.1, 0.15) is 92.3 Å². The van der Waals surface area contributed by atoms with Crippen molar-refractivity contribution in [2.75, 3.05) is 0 Å². The maximum absolute atomic E-state index is 8.68. The van der Waals surface area contributed by atoms with Crippen LogP contribution in [0.4, 0.5) is 0 Å². The van der Waals surface area contributed by atoms with Crippen molar-refractivity contribution in [3.63, 3.8) is 0 Å². The summed E-state index contributed by atoms with van der Waals surface area (Å²) in [6.45, 7) is 16.2. The van der Waals surface area contributed by atoms with Gasteiger partial charge in [0.2, 0.25) is 0 Å². The molecule has 0 N–H and O–H groups in total. The van der Waals surface area contributed by atoms with Gasteiger partial charge in [0, 0.05) is 0 Å². The van der Waals surface area contributed by atoms with Gasteiger partial charge in [-0.2, -0.15) is 0 Å². The number of hydrogen-bond acceptors (Lipinski definition) is 0. The second-order valence-corrected chi connectivity index (χ2v) is 48.8. The van der Waals surface area contributed by atoms with Crippen molar-refractivity contribution in [2.45, 2.75) is 81.0 Å². The Bertz CT molecular complexity index is 1500. The van der Waals surface area contributed by atoms with Crippen molar-refractivity contribution in [3.05, 3.63) is 110 Å². The summed E-state index contributed by atoms with van der Waals surface area (Å²) >= 11 is -4.92. The van der Waals surface area contributed by atoms with E-state index in [0.29, 0.717) is 0 Å². The number of benzene rings is 3. The first-order chi connectivity index (χ1) is 18.5. The normalized spacial score (nSPS) is 18.5. The molecule has 2 aliphatic carbocycles. The van der Waals surface area contributed by atoms with Crippen LogP contribution in [0, 0.1) is 13.8 Å². The molecule has 0 bridgehead atoms. The van der Waals surface area contributed by atoms with E-state index in [9.17, 15) is 0 Å². The molecule has 0 aliphatic heterocycles. The van der Waals surface area contributed by atoms with Crippen molar-refractivity contribution in [2.24, 2.45) is 0 Å². The third kappa shape index (κ3) is 4.57. The fraction of sp³-hybridized carbons (Fsp3) is 0.371. The molecule has 0 spiro atoms. The van der Waals surface area contributed by atoms with E-state index in [4.69, 9.17) is 17.0 Å². The number of hydrogen-bond donors (Lipinski definition) is 0. The molecule has 4 heteroatoms. The van der Waals surface area contributed by atoms with Crippen LogP contribution < -0.4 is 5.19 Å². The van der Waals surface area contributed by atoms with E-state index in [1.807, 2.05) is 0 Å². The maximum atomic E-state index is 8.68. The molecule has 0 nitrogen and oxygen atoms in total. The summed E-state index contributed by atoms with van der Waals surface area (Å²) in [7, 11) is 17.4. The molecule has 2 unspecified atom stereocenters. The summed E-state index contributed by atoms with van der Waals surface area (Å²) < 4.78 is 0.211. The molecule has 2 atom stereocenters. The van der Waals surface area contributed by atoms with Crippen molar-refractivity contribution in [3.8, 4) is 0 Å². The summed E-state index contributed by atoms with van der Waals surface area (Å²) in [6, 6.07) is 20.3. The second kappa shape index (κ2) is 10.9. The number of aryl methyl sites for hydroxylation is 4. The summed E-state index contributed by atoms with van der Waals surface area (Å²) in [5.41, 5.74) is 12.6. The summed E-state index contributed by atoms with van der Waals surface area (Å²) in [4.78, 5) is 0. The van der Waals surface area contributed by atoms with Crippen LogP contribution in [0.2, 0.25) is 6.55 Å². The Morgan fingerprint density at radius 3 is 1.51 bits per heavy atom. The van der Waals surface area contributed by atoms with Gasteiger partial charge in [-0.1, -0.05) is 0 Å². The van der Waals surface area contributed by atoms with Gasteiger partial charge in [-0.25, -0.2) is 0 Å². The molecule has 0 amide bonds. The number of fused-ring (bicyclic) bond motifs is 2. The molecule has 0 fully saturated rings. The quantitative estimate of drug-likeness (QED) is 0.223. The minimum atomic E-state index is -4.92. The van der Waals surface area contributed by atoms with Gasteiger partial charge in [0.25, 0.3) is 0 Å². The van der Waals surface area contributed by atoms with Crippen LogP contribution in [0.15, 0.2) is 65.7 Å². The Morgan fingerprint density at radius 2 is 1.10 bits per heavy atom. The molecular weight excluding hydrogens is 611 g/mol. The summed E-state index contributed by atoms with van der Waals surface area (Å²) in [5.74, 6) is 0. The molecule has 3 aromatic rings. The van der Waals surface area contributed by atoms with E-state index in [-0.39, 0.29) is 7.25 Å². The predicted molar refractivity (Wildman–Crippen MR) is 173 cm³/mol. The third-order valence-corrected chi connectivity index (χ3v) is 52.3. The van der Waals surface area contributed by atoms with Gasteiger partial charge in [-0.3, -0.25) is 0 Å². The molecule has 0 heterocycles. The van der Waals surface area contributed by atoms with E-state index in [2.05, 4.69) is 115 Å². The monoisotopic (exact) mass is 650 g/mol. The van der Waals surface area contributed by atoms with Crippen molar-refractivity contribution in [1.82, 2.24) is 0 Å². The topological polar surface area (TPSA) is 0 Å². The first-order valence-corrected chi connectivity index (χ1v) is 29.5. The van der Waals surface area contributed by atoms with Crippen LogP contribution in [0.5, 0.6) is 0 Å². The molecule has 0 saturated heterocycles. The molecular formula is C35H42Cl2SiZr. The summed E-state index contributed by atoms with van der Waals surface area (Å²) in [6.07, 6.45) is 9.34. The van der Waals surface area contributed by atoms with E-state index >= 15 is 0 Å². The molecule has 3 aromatic carbocycles. The minimum absolute atomic E-state index is 0.106. The molecule has 204 valence electrons. The zero-order chi connectivity index (χ0) is 28.1. The molecule has 39 heavy (non-hydrogen) atoms. The Hall–Kier alpha value is -1.18. The first kappa shape index (κ1) is 29.3. The number of rotatable bonds is 7. The second-order valence-electron chi connectivity index (χ2n) is 12.0. The Kier molecular flexibility index (Phi) is 8.20. The van der Waals surface area contributed by atoms with Crippen molar-refractivity contribution >= 4 is 39.8 Å². The average Bonchev–Trinajstić information content (AvgIpc) is 3.47. The van der Waals surface area contributed by atoms with E-state index in [1.165, 1.54) is 60.8 Å². The third-order valence-electron chi connectivity index (χ3n) is 9.44. The van der Waals surface area contributed by atoms with Crippen LogP contribution in [0.3, 0.4) is 0 Å². The van der Waals surface area contributed by atoms with Gasteiger partial charge in [0.1, 0.15) is 0 Å². The fourth-order valence-corrected chi connectivity index (χ4v) is 46.2. The Morgan fingerprint density at radius 1 is 0.667 bits per heavy atom. The number of halogens is 2. The van der Waals surface area contributed by atoms with Crippen molar-refractivity contribution in [1.29, 1.82) is 0 Å². The number of allylic oxidation sites excluding steroid dienone is 2. The average molecular weight is 653 g/mol. The Labute approximate surface area is 244 Å². The molecule has 0 saturated carbocycles. The van der Waals surface area contributed by atoms with Crippen LogP contribution >= 0.6 is 17.0 Å². The zero-order valence-electron chi connectivity index (χ0n) is 24.6. The summed E-state index contributed by atoms with van der Waals surface area (Å²) in [5, 5.41) is 1.37.